The van der Waals surface area contributed by atoms with Crippen LogP contribution in [0.25, 0.3) is 0 Å². The molecule has 8 heteroatoms. The predicted molar refractivity (Wildman–Crippen MR) is 107 cm³/mol. The zero-order chi connectivity index (χ0) is 20.6. The highest BCUT2D eigenvalue weighted by atomic mass is 16.6. The van der Waals surface area contributed by atoms with Gasteiger partial charge in [-0.05, 0) is 12.0 Å². The Morgan fingerprint density at radius 3 is 2.55 bits per heavy atom. The van der Waals surface area contributed by atoms with Crippen molar-refractivity contribution in [2.75, 3.05) is 26.2 Å². The Morgan fingerprint density at radius 1 is 1.17 bits per heavy atom. The topological polar surface area (TPSA) is 102 Å². The number of benzene rings is 1. The number of unbranched alkanes of at least 4 members (excludes halogenated alkanes) is 1. The summed E-state index contributed by atoms with van der Waals surface area (Å²) in [6.45, 7) is 4.00. The SMILES string of the molecule is CCCCC(N)c1nc(C(=O)N2CCN(C(=O)OCc3ccccc3)CC2)co1. The maximum absolute atomic E-state index is 12.7. The van der Waals surface area contributed by atoms with Gasteiger partial charge in [-0.1, -0.05) is 50.1 Å². The molecular formula is C21H28N4O4. The Balaban J connectivity index is 1.47. The summed E-state index contributed by atoms with van der Waals surface area (Å²) < 4.78 is 10.8. The second kappa shape index (κ2) is 10.1. The number of ether oxygens (including phenoxy) is 1. The summed E-state index contributed by atoms with van der Waals surface area (Å²) in [5.41, 5.74) is 7.25. The van der Waals surface area contributed by atoms with Gasteiger partial charge in [0.2, 0.25) is 5.89 Å². The van der Waals surface area contributed by atoms with E-state index in [4.69, 9.17) is 14.9 Å². The minimum atomic E-state index is -0.369. The van der Waals surface area contributed by atoms with Crippen LogP contribution in [0.1, 0.15) is 54.2 Å². The largest absolute Gasteiger partial charge is 0.446 e. The van der Waals surface area contributed by atoms with Crippen molar-refractivity contribution in [3.63, 3.8) is 0 Å². The minimum Gasteiger partial charge on any atom is -0.446 e. The first kappa shape index (κ1) is 20.9. The summed E-state index contributed by atoms with van der Waals surface area (Å²) in [7, 11) is 0. The average Bonchev–Trinajstić information content (AvgIpc) is 3.26. The minimum absolute atomic E-state index is 0.208. The Morgan fingerprint density at radius 2 is 1.86 bits per heavy atom. The second-order valence-corrected chi connectivity index (χ2v) is 7.14. The number of hydrogen-bond donors (Lipinski definition) is 1. The molecule has 1 fully saturated rings. The molecule has 1 atom stereocenters. The molecular weight excluding hydrogens is 372 g/mol. The fourth-order valence-corrected chi connectivity index (χ4v) is 3.17. The number of nitrogens with two attached hydrogens (primary N) is 1. The molecule has 1 aromatic heterocycles. The molecule has 2 aromatic rings. The zero-order valence-corrected chi connectivity index (χ0v) is 16.8. The van der Waals surface area contributed by atoms with E-state index < -0.39 is 0 Å². The Hall–Kier alpha value is -2.87. The lowest BCUT2D eigenvalue weighted by Gasteiger charge is -2.33. The van der Waals surface area contributed by atoms with Crippen LogP contribution in [-0.2, 0) is 11.3 Å². The van der Waals surface area contributed by atoms with E-state index in [1.54, 1.807) is 9.80 Å². The second-order valence-electron chi connectivity index (χ2n) is 7.14. The van der Waals surface area contributed by atoms with E-state index in [1.165, 1.54) is 6.26 Å². The number of carbonyl (C=O) groups excluding carboxylic acids is 2. The van der Waals surface area contributed by atoms with Crippen molar-refractivity contribution in [3.8, 4) is 0 Å². The van der Waals surface area contributed by atoms with Crippen LogP contribution in [0.2, 0.25) is 0 Å². The van der Waals surface area contributed by atoms with Gasteiger partial charge in [-0.2, -0.15) is 0 Å². The van der Waals surface area contributed by atoms with Crippen molar-refractivity contribution in [2.24, 2.45) is 5.73 Å². The third kappa shape index (κ3) is 5.57. The van der Waals surface area contributed by atoms with Crippen molar-refractivity contribution in [1.29, 1.82) is 0 Å². The molecule has 1 aromatic carbocycles. The molecule has 1 saturated heterocycles. The lowest BCUT2D eigenvalue weighted by atomic mass is 10.1. The van der Waals surface area contributed by atoms with Gasteiger partial charge in [-0.3, -0.25) is 4.79 Å². The van der Waals surface area contributed by atoms with E-state index in [9.17, 15) is 9.59 Å². The molecule has 2 heterocycles. The third-order valence-corrected chi connectivity index (χ3v) is 4.96. The molecule has 0 aliphatic carbocycles. The van der Waals surface area contributed by atoms with Crippen molar-refractivity contribution in [2.45, 2.75) is 38.8 Å². The van der Waals surface area contributed by atoms with Crippen LogP contribution in [-0.4, -0.2) is 53.0 Å². The predicted octanol–water partition coefficient (Wildman–Crippen LogP) is 2.96. The highest BCUT2D eigenvalue weighted by molar-refractivity contribution is 5.92. The Labute approximate surface area is 170 Å². The lowest BCUT2D eigenvalue weighted by molar-refractivity contribution is 0.0539. The van der Waals surface area contributed by atoms with Crippen molar-refractivity contribution in [1.82, 2.24) is 14.8 Å². The fourth-order valence-electron chi connectivity index (χ4n) is 3.17. The maximum Gasteiger partial charge on any atom is 0.410 e. The maximum atomic E-state index is 12.7. The first-order valence-corrected chi connectivity index (χ1v) is 10.0. The Bertz CT molecular complexity index is 800. The van der Waals surface area contributed by atoms with Crippen LogP contribution < -0.4 is 5.73 Å². The van der Waals surface area contributed by atoms with E-state index in [0.717, 1.165) is 24.8 Å². The van der Waals surface area contributed by atoms with Gasteiger partial charge in [-0.15, -0.1) is 0 Å². The van der Waals surface area contributed by atoms with Crippen LogP contribution >= 0.6 is 0 Å². The molecule has 1 aliphatic rings. The standard InChI is InChI=1S/C21H28N4O4/c1-2-3-9-17(22)19-23-18(15-28-19)20(26)24-10-12-25(13-11-24)21(27)29-14-16-7-5-4-6-8-16/h4-8,15,17H,2-3,9-14,22H2,1H3. The van der Waals surface area contributed by atoms with Crippen molar-refractivity contribution >= 4 is 12.0 Å². The molecule has 2 N–H and O–H groups in total. The zero-order valence-electron chi connectivity index (χ0n) is 16.8. The van der Waals surface area contributed by atoms with Gasteiger partial charge in [0.1, 0.15) is 12.9 Å². The molecule has 0 saturated carbocycles. The summed E-state index contributed by atoms with van der Waals surface area (Å²) >= 11 is 0. The number of nitrogens with zero attached hydrogens (tertiary/aromatic N) is 3. The molecule has 2 amide bonds. The summed E-state index contributed by atoms with van der Waals surface area (Å²) in [5, 5.41) is 0. The summed E-state index contributed by atoms with van der Waals surface area (Å²) in [4.78, 5) is 32.5. The number of hydrogen-bond acceptors (Lipinski definition) is 6. The molecule has 3 rings (SSSR count). The highest BCUT2D eigenvalue weighted by Crippen LogP contribution is 2.17. The molecule has 0 radical (unpaired) electrons. The molecule has 29 heavy (non-hydrogen) atoms. The normalized spacial score (nSPS) is 15.2. The van der Waals surface area contributed by atoms with Crippen LogP contribution in [0.4, 0.5) is 4.79 Å². The average molecular weight is 400 g/mol. The van der Waals surface area contributed by atoms with Gasteiger partial charge in [0.25, 0.3) is 5.91 Å². The van der Waals surface area contributed by atoms with Crippen molar-refractivity contribution in [3.05, 3.63) is 53.7 Å². The van der Waals surface area contributed by atoms with Gasteiger partial charge in [0.15, 0.2) is 5.69 Å². The third-order valence-electron chi connectivity index (χ3n) is 4.96. The van der Waals surface area contributed by atoms with Gasteiger partial charge < -0.3 is 24.7 Å². The summed E-state index contributed by atoms with van der Waals surface area (Å²) in [6, 6.07) is 9.24. The number of rotatable bonds is 7. The van der Waals surface area contributed by atoms with Crippen LogP contribution in [0.15, 0.2) is 41.0 Å². The quantitative estimate of drug-likeness (QED) is 0.767. The molecule has 0 bridgehead atoms. The van der Waals surface area contributed by atoms with Gasteiger partial charge in [-0.25, -0.2) is 9.78 Å². The number of carbonyl (C=O) groups is 2. The smallest absolute Gasteiger partial charge is 0.410 e. The van der Waals surface area contributed by atoms with E-state index in [2.05, 4.69) is 11.9 Å². The first-order chi connectivity index (χ1) is 14.1. The molecule has 8 nitrogen and oxygen atoms in total. The van der Waals surface area contributed by atoms with Crippen molar-refractivity contribution < 1.29 is 18.7 Å². The number of piperazine rings is 1. The van der Waals surface area contributed by atoms with E-state index in [0.29, 0.717) is 32.1 Å². The Kier molecular flexibility index (Phi) is 7.24. The van der Waals surface area contributed by atoms with Gasteiger partial charge in [0, 0.05) is 26.2 Å². The molecule has 0 spiro atoms. The van der Waals surface area contributed by atoms with E-state index in [-0.39, 0.29) is 30.3 Å². The fraction of sp³-hybridized carbons (Fsp3) is 0.476. The highest BCUT2D eigenvalue weighted by Gasteiger charge is 2.27. The van der Waals surface area contributed by atoms with Gasteiger partial charge in [0.05, 0.1) is 6.04 Å². The molecule has 156 valence electrons. The number of oxazole rings is 1. The number of amides is 2. The first-order valence-electron chi connectivity index (χ1n) is 10.0. The monoisotopic (exact) mass is 400 g/mol. The van der Waals surface area contributed by atoms with Crippen LogP contribution in [0.3, 0.4) is 0 Å². The van der Waals surface area contributed by atoms with Gasteiger partial charge >= 0.3 is 6.09 Å². The van der Waals surface area contributed by atoms with Crippen LogP contribution in [0, 0.1) is 0 Å². The molecule has 1 aliphatic heterocycles. The van der Waals surface area contributed by atoms with E-state index >= 15 is 0 Å². The molecule has 1 unspecified atom stereocenters. The number of aromatic nitrogens is 1. The van der Waals surface area contributed by atoms with Crippen LogP contribution in [0.5, 0.6) is 0 Å². The summed E-state index contributed by atoms with van der Waals surface area (Å²) in [6.07, 6.45) is 3.79. The van der Waals surface area contributed by atoms with E-state index in [1.807, 2.05) is 30.3 Å². The lowest BCUT2D eigenvalue weighted by Crippen LogP contribution is -2.50. The summed E-state index contributed by atoms with van der Waals surface area (Å²) in [5.74, 6) is 0.185.